The minimum absolute atomic E-state index is 0.170. The van der Waals surface area contributed by atoms with Gasteiger partial charge in [0.1, 0.15) is 5.82 Å². The molecule has 8 nitrogen and oxygen atoms in total. The van der Waals surface area contributed by atoms with Crippen LogP contribution in [0.4, 0.5) is 23.3 Å². The highest BCUT2D eigenvalue weighted by Gasteiger charge is 2.09. The normalized spacial score (nSPS) is 10.0. The second-order valence-corrected chi connectivity index (χ2v) is 4.26. The molecule has 8 heteroatoms. The molecule has 0 unspecified atom stereocenters. The lowest BCUT2D eigenvalue weighted by atomic mass is 10.1. The van der Waals surface area contributed by atoms with E-state index in [0.717, 1.165) is 0 Å². The van der Waals surface area contributed by atoms with Gasteiger partial charge in [-0.1, -0.05) is 0 Å². The molecule has 1 heterocycles. The van der Waals surface area contributed by atoms with E-state index in [0.29, 0.717) is 29.1 Å². The van der Waals surface area contributed by atoms with Gasteiger partial charge in [-0.25, -0.2) is 4.79 Å². The van der Waals surface area contributed by atoms with Crippen LogP contribution in [0.5, 0.6) is 0 Å². The summed E-state index contributed by atoms with van der Waals surface area (Å²) in [4.78, 5) is 23.5. The van der Waals surface area contributed by atoms with Crippen molar-refractivity contribution in [1.29, 1.82) is 0 Å². The first-order chi connectivity index (χ1) is 10.0. The third-order valence-electron chi connectivity index (χ3n) is 2.70. The molecule has 2 rings (SSSR count). The third kappa shape index (κ3) is 3.56. The Morgan fingerprint density at radius 1 is 1.00 bits per heavy atom. The maximum absolute atomic E-state index is 11.1. The van der Waals surface area contributed by atoms with Gasteiger partial charge in [0, 0.05) is 25.5 Å². The van der Waals surface area contributed by atoms with Crippen molar-refractivity contribution in [3.05, 3.63) is 29.6 Å². The molecule has 21 heavy (non-hydrogen) atoms. The number of benzene rings is 1. The molecule has 2 aromatic rings. The Hall–Kier alpha value is -2.90. The highest BCUT2D eigenvalue weighted by Crippen LogP contribution is 2.21. The molecule has 0 bridgehead atoms. The first-order valence-electron chi connectivity index (χ1n) is 6.25. The van der Waals surface area contributed by atoms with Crippen molar-refractivity contribution in [2.24, 2.45) is 0 Å². The standard InChI is InChI=1S/C13H16N6O2/c1-7-16-12(15-3)19-13(17-7)18-10-5-8(11(20)21)4-9(6-10)14-2/h4-6,14H,1-3H3,(H,20,21)(H2,15,16,17,18,19). The minimum atomic E-state index is -1.00. The average Bonchev–Trinajstić information content (AvgIpc) is 2.46. The summed E-state index contributed by atoms with van der Waals surface area (Å²) >= 11 is 0. The molecule has 0 fully saturated rings. The second-order valence-electron chi connectivity index (χ2n) is 4.26. The van der Waals surface area contributed by atoms with Crippen molar-refractivity contribution in [3.8, 4) is 0 Å². The van der Waals surface area contributed by atoms with E-state index in [1.807, 2.05) is 0 Å². The van der Waals surface area contributed by atoms with Gasteiger partial charge in [-0.2, -0.15) is 15.0 Å². The Kier molecular flexibility index (Phi) is 4.17. The summed E-state index contributed by atoms with van der Waals surface area (Å²) in [5, 5.41) is 17.8. The van der Waals surface area contributed by atoms with Crippen LogP contribution in [0.25, 0.3) is 0 Å². The Morgan fingerprint density at radius 3 is 2.29 bits per heavy atom. The Labute approximate surface area is 121 Å². The summed E-state index contributed by atoms with van der Waals surface area (Å²) in [7, 11) is 3.43. The lowest BCUT2D eigenvalue weighted by Gasteiger charge is -2.10. The number of carboxylic acids is 1. The number of nitrogens with one attached hydrogen (secondary N) is 3. The Morgan fingerprint density at radius 2 is 1.67 bits per heavy atom. The fraction of sp³-hybridized carbons (Fsp3) is 0.231. The molecule has 1 aromatic heterocycles. The molecule has 0 atom stereocenters. The topological polar surface area (TPSA) is 112 Å². The number of aromatic carboxylic acids is 1. The fourth-order valence-electron chi connectivity index (χ4n) is 1.75. The highest BCUT2D eigenvalue weighted by atomic mass is 16.4. The first-order valence-corrected chi connectivity index (χ1v) is 6.25. The van der Waals surface area contributed by atoms with Gasteiger partial charge in [0.25, 0.3) is 0 Å². The molecule has 4 N–H and O–H groups in total. The van der Waals surface area contributed by atoms with Crippen LogP contribution in [0.1, 0.15) is 16.2 Å². The zero-order chi connectivity index (χ0) is 15.4. The van der Waals surface area contributed by atoms with E-state index in [9.17, 15) is 4.79 Å². The lowest BCUT2D eigenvalue weighted by molar-refractivity contribution is 0.0697. The largest absolute Gasteiger partial charge is 0.478 e. The number of carboxylic acid groups (broad SMARTS) is 1. The number of anilines is 4. The van der Waals surface area contributed by atoms with Crippen LogP contribution in [0, 0.1) is 6.92 Å². The minimum Gasteiger partial charge on any atom is -0.478 e. The van der Waals surface area contributed by atoms with Crippen LogP contribution >= 0.6 is 0 Å². The van der Waals surface area contributed by atoms with E-state index < -0.39 is 5.97 Å². The third-order valence-corrected chi connectivity index (χ3v) is 2.70. The van der Waals surface area contributed by atoms with Crippen molar-refractivity contribution in [2.45, 2.75) is 6.92 Å². The van der Waals surface area contributed by atoms with Gasteiger partial charge in [0.05, 0.1) is 5.56 Å². The number of aromatic nitrogens is 3. The predicted molar refractivity (Wildman–Crippen MR) is 80.3 cm³/mol. The van der Waals surface area contributed by atoms with Crippen LogP contribution in [0.3, 0.4) is 0 Å². The van der Waals surface area contributed by atoms with Crippen molar-refractivity contribution in [2.75, 3.05) is 30.0 Å². The average molecular weight is 288 g/mol. The molecule has 0 radical (unpaired) electrons. The Bertz CT molecular complexity index is 674. The van der Waals surface area contributed by atoms with Gasteiger partial charge in [0.2, 0.25) is 11.9 Å². The van der Waals surface area contributed by atoms with E-state index in [2.05, 4.69) is 30.9 Å². The van der Waals surface area contributed by atoms with E-state index in [1.165, 1.54) is 6.07 Å². The number of aryl methyl sites for hydroxylation is 1. The van der Waals surface area contributed by atoms with Crippen molar-refractivity contribution in [1.82, 2.24) is 15.0 Å². The van der Waals surface area contributed by atoms with Crippen molar-refractivity contribution < 1.29 is 9.90 Å². The summed E-state index contributed by atoms with van der Waals surface area (Å²) in [6.07, 6.45) is 0. The molecule has 0 saturated carbocycles. The molecular formula is C13H16N6O2. The van der Waals surface area contributed by atoms with Crippen LogP contribution in [-0.4, -0.2) is 40.1 Å². The van der Waals surface area contributed by atoms with E-state index in [4.69, 9.17) is 5.11 Å². The van der Waals surface area contributed by atoms with Gasteiger partial charge < -0.3 is 21.1 Å². The smallest absolute Gasteiger partial charge is 0.335 e. The van der Waals surface area contributed by atoms with E-state index in [1.54, 1.807) is 33.2 Å². The SMILES string of the molecule is CNc1cc(Nc2nc(C)nc(NC)n2)cc(C(=O)O)c1. The van der Waals surface area contributed by atoms with Crippen LogP contribution in [0.15, 0.2) is 18.2 Å². The predicted octanol–water partition coefficient (Wildman–Crippen LogP) is 1.71. The summed E-state index contributed by atoms with van der Waals surface area (Å²) in [5.41, 5.74) is 1.42. The number of carbonyl (C=O) groups is 1. The fourth-order valence-corrected chi connectivity index (χ4v) is 1.75. The maximum atomic E-state index is 11.1. The van der Waals surface area contributed by atoms with E-state index >= 15 is 0 Å². The lowest BCUT2D eigenvalue weighted by Crippen LogP contribution is -2.06. The molecule has 1 aromatic carbocycles. The molecule has 0 amide bonds. The molecule has 0 aliphatic carbocycles. The zero-order valence-corrected chi connectivity index (χ0v) is 11.9. The molecule has 0 aliphatic rings. The van der Waals surface area contributed by atoms with E-state index in [-0.39, 0.29) is 5.56 Å². The van der Waals surface area contributed by atoms with Crippen LogP contribution in [0.2, 0.25) is 0 Å². The van der Waals surface area contributed by atoms with Gasteiger partial charge in [-0.15, -0.1) is 0 Å². The quantitative estimate of drug-likeness (QED) is 0.657. The number of nitrogens with zero attached hydrogens (tertiary/aromatic N) is 3. The van der Waals surface area contributed by atoms with Gasteiger partial charge in [0.15, 0.2) is 0 Å². The molecule has 0 aliphatic heterocycles. The number of rotatable bonds is 5. The molecular weight excluding hydrogens is 272 g/mol. The molecule has 110 valence electrons. The van der Waals surface area contributed by atoms with Crippen molar-refractivity contribution in [3.63, 3.8) is 0 Å². The number of hydrogen-bond acceptors (Lipinski definition) is 7. The van der Waals surface area contributed by atoms with Gasteiger partial charge in [-0.3, -0.25) is 0 Å². The van der Waals surface area contributed by atoms with Crippen molar-refractivity contribution >= 4 is 29.2 Å². The molecule has 0 spiro atoms. The first kappa shape index (κ1) is 14.5. The second kappa shape index (κ2) is 6.04. The summed E-state index contributed by atoms with van der Waals surface area (Å²) < 4.78 is 0. The maximum Gasteiger partial charge on any atom is 0.335 e. The van der Waals surface area contributed by atoms with Crippen LogP contribution in [-0.2, 0) is 0 Å². The zero-order valence-electron chi connectivity index (χ0n) is 11.9. The monoisotopic (exact) mass is 288 g/mol. The number of hydrogen-bond donors (Lipinski definition) is 4. The molecule has 0 saturated heterocycles. The van der Waals surface area contributed by atoms with Gasteiger partial charge >= 0.3 is 5.97 Å². The van der Waals surface area contributed by atoms with Gasteiger partial charge in [-0.05, 0) is 25.1 Å². The highest BCUT2D eigenvalue weighted by molar-refractivity contribution is 5.90. The van der Waals surface area contributed by atoms with Crippen LogP contribution < -0.4 is 16.0 Å². The summed E-state index contributed by atoms with van der Waals surface area (Å²) in [6, 6.07) is 4.83. The Balaban J connectivity index is 2.36. The summed E-state index contributed by atoms with van der Waals surface area (Å²) in [5.74, 6) is 0.336. The summed E-state index contributed by atoms with van der Waals surface area (Å²) in [6.45, 7) is 1.75.